The van der Waals surface area contributed by atoms with E-state index in [1.54, 1.807) is 22.7 Å². The summed E-state index contributed by atoms with van der Waals surface area (Å²) in [6, 6.07) is 4.05. The molecule has 5 heteroatoms. The van der Waals surface area contributed by atoms with Crippen LogP contribution in [0.25, 0.3) is 20.9 Å². The third-order valence-corrected chi connectivity index (χ3v) is 5.39. The van der Waals surface area contributed by atoms with Gasteiger partial charge in [-0.3, -0.25) is 0 Å². The van der Waals surface area contributed by atoms with Crippen LogP contribution < -0.4 is 5.73 Å². The lowest BCUT2D eigenvalue weighted by Gasteiger charge is -2.01. The molecular weight excluding hydrogens is 262 g/mol. The molecule has 3 heterocycles. The number of aromatic nitrogens is 2. The lowest BCUT2D eigenvalue weighted by molar-refractivity contribution is 0.917. The molecule has 0 spiro atoms. The molecule has 0 unspecified atom stereocenters. The Morgan fingerprint density at radius 3 is 3.00 bits per heavy atom. The van der Waals surface area contributed by atoms with E-state index >= 15 is 0 Å². The maximum atomic E-state index is 6.14. The van der Waals surface area contributed by atoms with Crippen LogP contribution >= 0.6 is 22.7 Å². The fourth-order valence-corrected chi connectivity index (χ4v) is 4.47. The zero-order chi connectivity index (χ0) is 12.1. The average Bonchev–Trinajstić information content (AvgIpc) is 3.04. The molecule has 18 heavy (non-hydrogen) atoms. The Labute approximate surface area is 112 Å². The van der Waals surface area contributed by atoms with Crippen molar-refractivity contribution in [2.24, 2.45) is 0 Å². The van der Waals surface area contributed by atoms with Gasteiger partial charge in [-0.25, -0.2) is 9.97 Å². The Balaban J connectivity index is 2.00. The third kappa shape index (κ3) is 1.41. The molecule has 0 fully saturated rings. The van der Waals surface area contributed by atoms with Gasteiger partial charge in [-0.2, -0.15) is 0 Å². The summed E-state index contributed by atoms with van der Waals surface area (Å²) in [6.45, 7) is 0. The minimum absolute atomic E-state index is 0.641. The Kier molecular flexibility index (Phi) is 2.19. The molecule has 3 aromatic heterocycles. The predicted molar refractivity (Wildman–Crippen MR) is 77.2 cm³/mol. The van der Waals surface area contributed by atoms with Crippen molar-refractivity contribution in [3.8, 4) is 10.7 Å². The fourth-order valence-electron chi connectivity index (χ4n) is 2.54. The molecular formula is C13H11N3S2. The highest BCUT2D eigenvalue weighted by atomic mass is 32.1. The second kappa shape index (κ2) is 3.76. The van der Waals surface area contributed by atoms with Gasteiger partial charge < -0.3 is 5.73 Å². The van der Waals surface area contributed by atoms with E-state index in [9.17, 15) is 0 Å². The quantitative estimate of drug-likeness (QED) is 0.738. The number of rotatable bonds is 1. The predicted octanol–water partition coefficient (Wildman–Crippen LogP) is 3.49. The van der Waals surface area contributed by atoms with Gasteiger partial charge in [0.15, 0.2) is 5.82 Å². The van der Waals surface area contributed by atoms with Gasteiger partial charge in [0.05, 0.1) is 10.3 Å². The third-order valence-electron chi connectivity index (χ3n) is 3.33. The molecule has 4 rings (SSSR count). The molecule has 2 N–H and O–H groups in total. The normalized spacial score (nSPS) is 14.2. The first-order valence-electron chi connectivity index (χ1n) is 5.94. The molecule has 1 aliphatic rings. The van der Waals surface area contributed by atoms with E-state index in [1.165, 1.54) is 23.3 Å². The van der Waals surface area contributed by atoms with Gasteiger partial charge in [0.25, 0.3) is 0 Å². The van der Waals surface area contributed by atoms with Crippen molar-refractivity contribution in [2.75, 3.05) is 5.73 Å². The zero-order valence-corrected chi connectivity index (χ0v) is 11.3. The highest BCUT2D eigenvalue weighted by Gasteiger charge is 2.21. The molecule has 0 amide bonds. The number of anilines is 1. The summed E-state index contributed by atoms with van der Waals surface area (Å²) in [6.07, 6.45) is 3.54. The zero-order valence-electron chi connectivity index (χ0n) is 9.64. The van der Waals surface area contributed by atoms with Gasteiger partial charge in [0.2, 0.25) is 0 Å². The monoisotopic (exact) mass is 273 g/mol. The highest BCUT2D eigenvalue weighted by Crippen LogP contribution is 2.39. The van der Waals surface area contributed by atoms with E-state index in [-0.39, 0.29) is 0 Å². The summed E-state index contributed by atoms with van der Waals surface area (Å²) in [5.74, 6) is 1.40. The molecule has 0 saturated heterocycles. The number of nitrogen functional groups attached to an aromatic ring is 1. The van der Waals surface area contributed by atoms with E-state index < -0.39 is 0 Å². The second-order valence-corrected chi connectivity index (χ2v) is 6.48. The van der Waals surface area contributed by atoms with Crippen molar-refractivity contribution < 1.29 is 0 Å². The number of hydrogen-bond donors (Lipinski definition) is 1. The minimum Gasteiger partial charge on any atom is -0.383 e. The van der Waals surface area contributed by atoms with Crippen molar-refractivity contribution >= 4 is 38.7 Å². The number of nitrogens with two attached hydrogens (primary N) is 1. The largest absolute Gasteiger partial charge is 0.383 e. The number of fused-ring (bicyclic) bond motifs is 3. The van der Waals surface area contributed by atoms with Crippen LogP contribution in [0.1, 0.15) is 16.9 Å². The lowest BCUT2D eigenvalue weighted by Crippen LogP contribution is -1.96. The fraction of sp³-hybridized carbons (Fsp3) is 0.231. The van der Waals surface area contributed by atoms with Crippen LogP contribution in [0.2, 0.25) is 0 Å². The highest BCUT2D eigenvalue weighted by molar-refractivity contribution is 7.19. The Bertz CT molecular complexity index is 728. The maximum Gasteiger partial charge on any atom is 0.173 e. The second-order valence-electron chi connectivity index (χ2n) is 4.45. The molecule has 90 valence electrons. The topological polar surface area (TPSA) is 51.8 Å². The molecule has 1 aliphatic carbocycles. The van der Waals surface area contributed by atoms with E-state index in [0.29, 0.717) is 5.82 Å². The van der Waals surface area contributed by atoms with Crippen LogP contribution in [0.4, 0.5) is 5.82 Å². The van der Waals surface area contributed by atoms with Gasteiger partial charge in [0.1, 0.15) is 10.6 Å². The van der Waals surface area contributed by atoms with Crippen molar-refractivity contribution in [1.82, 2.24) is 9.97 Å². The average molecular weight is 273 g/mol. The van der Waals surface area contributed by atoms with E-state index in [2.05, 4.69) is 9.97 Å². The first-order valence-corrected chi connectivity index (χ1v) is 7.64. The molecule has 0 bridgehead atoms. The van der Waals surface area contributed by atoms with Crippen LogP contribution in [0.15, 0.2) is 17.5 Å². The summed E-state index contributed by atoms with van der Waals surface area (Å²) in [4.78, 5) is 12.7. The van der Waals surface area contributed by atoms with Crippen LogP contribution in [0, 0.1) is 0 Å². The van der Waals surface area contributed by atoms with Crippen molar-refractivity contribution in [1.29, 1.82) is 0 Å². The molecule has 0 atom stereocenters. The SMILES string of the molecule is Nc1nc(-c2cccs2)nc2sc3c(c12)CCC3. The summed E-state index contributed by atoms with van der Waals surface area (Å²) in [5.41, 5.74) is 7.53. The molecule has 0 aromatic carbocycles. The van der Waals surface area contributed by atoms with Crippen LogP contribution in [-0.2, 0) is 12.8 Å². The van der Waals surface area contributed by atoms with Crippen molar-refractivity contribution in [3.63, 3.8) is 0 Å². The Morgan fingerprint density at radius 2 is 2.17 bits per heavy atom. The Hall–Kier alpha value is -1.46. The minimum atomic E-state index is 0.641. The van der Waals surface area contributed by atoms with E-state index in [0.717, 1.165) is 27.3 Å². The number of thiophene rings is 2. The Morgan fingerprint density at radius 1 is 1.22 bits per heavy atom. The number of hydrogen-bond acceptors (Lipinski definition) is 5. The van der Waals surface area contributed by atoms with Gasteiger partial charge in [-0.05, 0) is 36.3 Å². The van der Waals surface area contributed by atoms with Crippen LogP contribution in [-0.4, -0.2) is 9.97 Å². The molecule has 0 radical (unpaired) electrons. The van der Waals surface area contributed by atoms with E-state index in [1.807, 2.05) is 17.5 Å². The molecule has 0 aliphatic heterocycles. The van der Waals surface area contributed by atoms with E-state index in [4.69, 9.17) is 5.73 Å². The van der Waals surface area contributed by atoms with Gasteiger partial charge in [-0.1, -0.05) is 6.07 Å². The standard InChI is InChI=1S/C13H11N3S2/c14-11-10-7-3-1-4-8(7)18-13(10)16-12(15-11)9-5-2-6-17-9/h2,5-6H,1,3-4H2,(H2,14,15,16). The summed E-state index contributed by atoms with van der Waals surface area (Å²) in [5, 5.41) is 3.14. The van der Waals surface area contributed by atoms with Gasteiger partial charge in [0, 0.05) is 4.88 Å². The van der Waals surface area contributed by atoms with Crippen molar-refractivity contribution in [3.05, 3.63) is 28.0 Å². The summed E-state index contributed by atoms with van der Waals surface area (Å²) >= 11 is 3.43. The van der Waals surface area contributed by atoms with Crippen molar-refractivity contribution in [2.45, 2.75) is 19.3 Å². The number of aryl methyl sites for hydroxylation is 2. The smallest absolute Gasteiger partial charge is 0.173 e. The summed E-state index contributed by atoms with van der Waals surface area (Å²) in [7, 11) is 0. The molecule has 3 nitrogen and oxygen atoms in total. The lowest BCUT2D eigenvalue weighted by atomic mass is 10.2. The summed E-state index contributed by atoms with van der Waals surface area (Å²) < 4.78 is 0. The molecule has 0 saturated carbocycles. The first kappa shape index (κ1) is 10.5. The van der Waals surface area contributed by atoms with Gasteiger partial charge >= 0.3 is 0 Å². The van der Waals surface area contributed by atoms with Crippen LogP contribution in [0.3, 0.4) is 0 Å². The maximum absolute atomic E-state index is 6.14. The number of nitrogens with zero attached hydrogens (tertiary/aromatic N) is 2. The van der Waals surface area contributed by atoms with Crippen LogP contribution in [0.5, 0.6) is 0 Å². The van der Waals surface area contributed by atoms with Gasteiger partial charge in [-0.15, -0.1) is 22.7 Å². The molecule has 3 aromatic rings. The first-order chi connectivity index (χ1) is 8.83.